The van der Waals surface area contributed by atoms with Crippen LogP contribution in [0.2, 0.25) is 0 Å². The van der Waals surface area contributed by atoms with Crippen LogP contribution in [0.3, 0.4) is 0 Å². The second-order valence-electron chi connectivity index (χ2n) is 7.23. The minimum atomic E-state index is -3.52. The van der Waals surface area contributed by atoms with Gasteiger partial charge < -0.3 is 14.6 Å². The zero-order chi connectivity index (χ0) is 20.2. The molecular weight excluding hydrogens is 392 g/mol. The third kappa shape index (κ3) is 2.95. The summed E-state index contributed by atoms with van der Waals surface area (Å²) in [6, 6.07) is 3.80. The van der Waals surface area contributed by atoms with Crippen LogP contribution in [0.5, 0.6) is 0 Å². The summed E-state index contributed by atoms with van der Waals surface area (Å²) in [7, 11) is -3.52. The van der Waals surface area contributed by atoms with E-state index in [0.29, 0.717) is 42.4 Å². The van der Waals surface area contributed by atoms with Gasteiger partial charge in [-0.05, 0) is 19.1 Å². The van der Waals surface area contributed by atoms with Crippen molar-refractivity contribution in [3.63, 3.8) is 0 Å². The van der Waals surface area contributed by atoms with Crippen LogP contribution < -0.4 is 4.90 Å². The van der Waals surface area contributed by atoms with Crippen LogP contribution in [-0.4, -0.2) is 64.4 Å². The fourth-order valence-corrected chi connectivity index (χ4v) is 4.52. The minimum absolute atomic E-state index is 0.109. The third-order valence-electron chi connectivity index (χ3n) is 5.21. The molecule has 1 aliphatic heterocycles. The molecule has 0 radical (unpaired) electrons. The van der Waals surface area contributed by atoms with E-state index in [1.54, 1.807) is 18.5 Å². The van der Waals surface area contributed by atoms with Gasteiger partial charge in [-0.2, -0.15) is 0 Å². The highest BCUT2D eigenvalue weighted by molar-refractivity contribution is 7.89. The van der Waals surface area contributed by atoms with Crippen molar-refractivity contribution >= 4 is 37.8 Å². The maximum absolute atomic E-state index is 12.3. The Bertz CT molecular complexity index is 1330. The summed E-state index contributed by atoms with van der Waals surface area (Å²) in [5, 5.41) is 1.62. The summed E-state index contributed by atoms with van der Waals surface area (Å²) in [5.74, 6) is 1.14. The Hall–Kier alpha value is -2.98. The van der Waals surface area contributed by atoms with Gasteiger partial charge in [-0.25, -0.2) is 22.4 Å². The molecule has 1 fully saturated rings. The van der Waals surface area contributed by atoms with Gasteiger partial charge in [0.25, 0.3) is 0 Å². The van der Waals surface area contributed by atoms with Crippen molar-refractivity contribution in [2.45, 2.75) is 13.0 Å². The van der Waals surface area contributed by atoms with Crippen LogP contribution in [0, 0.1) is 0 Å². The average Bonchev–Trinajstić information content (AvgIpc) is 3.34. The molecule has 150 valence electrons. The first-order valence-electron chi connectivity index (χ1n) is 9.29. The molecule has 5 rings (SSSR count). The van der Waals surface area contributed by atoms with Crippen LogP contribution in [0.15, 0.2) is 36.9 Å². The largest absolute Gasteiger partial charge is 0.377 e. The predicted octanol–water partition coefficient (Wildman–Crippen LogP) is 2.01. The molecule has 1 aliphatic rings. The van der Waals surface area contributed by atoms with E-state index in [0.717, 1.165) is 16.5 Å². The van der Waals surface area contributed by atoms with Crippen molar-refractivity contribution in [3.05, 3.63) is 36.9 Å². The van der Waals surface area contributed by atoms with E-state index in [1.165, 1.54) is 16.4 Å². The summed E-state index contributed by atoms with van der Waals surface area (Å²) in [6.45, 7) is 3.91. The molecular formula is C19H20N6O3S. The molecule has 0 spiro atoms. The van der Waals surface area contributed by atoms with Crippen molar-refractivity contribution in [1.29, 1.82) is 0 Å². The molecule has 0 amide bonds. The lowest BCUT2D eigenvalue weighted by atomic mass is 10.1. The lowest BCUT2D eigenvalue weighted by Crippen LogP contribution is -2.44. The van der Waals surface area contributed by atoms with Gasteiger partial charge in [-0.15, -0.1) is 0 Å². The van der Waals surface area contributed by atoms with Crippen molar-refractivity contribution in [2.75, 3.05) is 30.9 Å². The molecule has 0 bridgehead atoms. The molecule has 4 aromatic heterocycles. The Kier molecular flexibility index (Phi) is 4.07. The number of nitrogens with zero attached hydrogens (tertiary/aromatic N) is 5. The molecule has 1 saturated heterocycles. The summed E-state index contributed by atoms with van der Waals surface area (Å²) >= 11 is 0. The van der Waals surface area contributed by atoms with Crippen LogP contribution in [-0.2, 0) is 14.8 Å². The zero-order valence-corrected chi connectivity index (χ0v) is 16.8. The molecule has 5 heterocycles. The fourth-order valence-electron chi connectivity index (χ4n) is 3.78. The number of fused-ring (bicyclic) bond motifs is 2. The van der Waals surface area contributed by atoms with Crippen LogP contribution >= 0.6 is 0 Å². The van der Waals surface area contributed by atoms with E-state index in [1.807, 2.05) is 12.3 Å². The highest BCUT2D eigenvalue weighted by Crippen LogP contribution is 2.32. The van der Waals surface area contributed by atoms with E-state index in [2.05, 4.69) is 26.8 Å². The highest BCUT2D eigenvalue weighted by atomic mass is 32.2. The Balaban J connectivity index is 1.82. The van der Waals surface area contributed by atoms with E-state index in [4.69, 9.17) is 9.72 Å². The maximum Gasteiger partial charge on any atom is 0.237 e. The fraction of sp³-hybridized carbons (Fsp3) is 0.316. The Labute approximate surface area is 167 Å². The number of ether oxygens (including phenoxy) is 1. The number of pyridine rings is 1. The van der Waals surface area contributed by atoms with Crippen molar-refractivity contribution in [3.8, 4) is 11.4 Å². The minimum Gasteiger partial charge on any atom is -0.377 e. The van der Waals surface area contributed by atoms with Gasteiger partial charge >= 0.3 is 0 Å². The van der Waals surface area contributed by atoms with Gasteiger partial charge in [0.05, 0.1) is 42.6 Å². The first-order chi connectivity index (χ1) is 13.9. The van der Waals surface area contributed by atoms with Crippen LogP contribution in [0.25, 0.3) is 33.3 Å². The van der Waals surface area contributed by atoms with Gasteiger partial charge in [0, 0.05) is 36.1 Å². The van der Waals surface area contributed by atoms with Gasteiger partial charge in [-0.1, -0.05) is 0 Å². The molecule has 1 N–H and O–H groups in total. The molecule has 29 heavy (non-hydrogen) atoms. The number of H-pyrrole nitrogens is 1. The predicted molar refractivity (Wildman–Crippen MR) is 110 cm³/mol. The normalized spacial score (nSPS) is 18.0. The van der Waals surface area contributed by atoms with Gasteiger partial charge in [0.2, 0.25) is 10.0 Å². The number of anilines is 1. The first-order valence-corrected chi connectivity index (χ1v) is 11.1. The van der Waals surface area contributed by atoms with Crippen molar-refractivity contribution in [2.24, 2.45) is 0 Å². The molecule has 4 aromatic rings. The summed E-state index contributed by atoms with van der Waals surface area (Å²) < 4.78 is 31.4. The van der Waals surface area contributed by atoms with Gasteiger partial charge in [0.15, 0.2) is 11.5 Å². The molecule has 0 saturated carbocycles. The SMILES string of the molecule is C[C@@H]1COCCN1c1nc(-c2cncc3[nH]ccc23)nc2c1ccn2S(C)(=O)=O. The summed E-state index contributed by atoms with van der Waals surface area (Å²) in [5.41, 5.74) is 1.97. The van der Waals surface area contributed by atoms with E-state index < -0.39 is 10.0 Å². The van der Waals surface area contributed by atoms with E-state index in [-0.39, 0.29) is 6.04 Å². The smallest absolute Gasteiger partial charge is 0.237 e. The van der Waals surface area contributed by atoms with E-state index >= 15 is 0 Å². The number of hydrogen-bond acceptors (Lipinski definition) is 7. The molecule has 1 atom stereocenters. The quantitative estimate of drug-likeness (QED) is 0.549. The van der Waals surface area contributed by atoms with Crippen molar-refractivity contribution in [1.82, 2.24) is 23.9 Å². The molecule has 0 aliphatic carbocycles. The Morgan fingerprint density at radius 3 is 2.86 bits per heavy atom. The van der Waals surface area contributed by atoms with Gasteiger partial charge in [0.1, 0.15) is 5.82 Å². The number of hydrogen-bond donors (Lipinski definition) is 1. The summed E-state index contributed by atoms with van der Waals surface area (Å²) in [4.78, 5) is 19.1. The maximum atomic E-state index is 12.3. The first kappa shape index (κ1) is 18.1. The lowest BCUT2D eigenvalue weighted by molar-refractivity contribution is 0.0987. The topological polar surface area (TPSA) is 106 Å². The number of rotatable bonds is 3. The number of morpholine rings is 1. The average molecular weight is 412 g/mol. The van der Waals surface area contributed by atoms with Gasteiger partial charge in [-0.3, -0.25) is 4.98 Å². The zero-order valence-electron chi connectivity index (χ0n) is 16.0. The number of aromatic nitrogens is 5. The lowest BCUT2D eigenvalue weighted by Gasteiger charge is -2.34. The molecule has 9 nitrogen and oxygen atoms in total. The van der Waals surface area contributed by atoms with Crippen molar-refractivity contribution < 1.29 is 13.2 Å². The van der Waals surface area contributed by atoms with E-state index in [9.17, 15) is 8.42 Å². The number of aromatic amines is 1. The number of nitrogens with one attached hydrogen (secondary N) is 1. The molecule has 0 unspecified atom stereocenters. The highest BCUT2D eigenvalue weighted by Gasteiger charge is 2.26. The summed E-state index contributed by atoms with van der Waals surface area (Å²) in [6.07, 6.45) is 7.97. The second-order valence-corrected chi connectivity index (χ2v) is 9.09. The monoisotopic (exact) mass is 412 g/mol. The second kappa shape index (κ2) is 6.53. The third-order valence-corrected chi connectivity index (χ3v) is 6.21. The molecule has 0 aromatic carbocycles. The Morgan fingerprint density at radius 2 is 2.07 bits per heavy atom. The molecule has 10 heteroatoms. The Morgan fingerprint density at radius 1 is 1.21 bits per heavy atom. The standard InChI is InChI=1S/C19H20N6O3S/c1-12-11-28-8-7-24(12)18-14-4-6-25(29(2,26)27)19(14)23-17(22-18)15-9-20-10-16-13(15)3-5-21-16/h3-6,9-10,12,21H,7-8,11H2,1-2H3/t12-/m1/s1. The van der Waals surface area contributed by atoms with Crippen LogP contribution in [0.1, 0.15) is 6.92 Å². The van der Waals surface area contributed by atoms with Crippen LogP contribution in [0.4, 0.5) is 5.82 Å².